The molecule has 0 bridgehead atoms. The summed E-state index contributed by atoms with van der Waals surface area (Å²) in [6.45, 7) is 1.45. The second kappa shape index (κ2) is 7.03. The molecule has 9 heteroatoms. The number of carbonyl (C=O) groups excluding carboxylic acids is 1. The van der Waals surface area contributed by atoms with E-state index < -0.39 is 23.2 Å². The quantitative estimate of drug-likeness (QED) is 0.415. The van der Waals surface area contributed by atoms with Gasteiger partial charge in [0.15, 0.2) is 5.76 Å². The minimum absolute atomic E-state index is 0.00340. The molecule has 27 heavy (non-hydrogen) atoms. The first-order valence-electron chi connectivity index (χ1n) is 7.56. The van der Waals surface area contributed by atoms with Gasteiger partial charge in [0.25, 0.3) is 0 Å². The maximum atomic E-state index is 14.3. The molecule has 0 fully saturated rings. The van der Waals surface area contributed by atoms with Crippen molar-refractivity contribution in [2.24, 2.45) is 0 Å². The van der Waals surface area contributed by atoms with E-state index in [4.69, 9.17) is 16.1 Å². The molecule has 1 heterocycles. The van der Waals surface area contributed by atoms with Gasteiger partial charge in [0.05, 0.1) is 16.3 Å². The molecule has 0 N–H and O–H groups in total. The van der Waals surface area contributed by atoms with Crippen molar-refractivity contribution >= 4 is 29.4 Å². The number of aryl methyl sites for hydroxylation is 1. The molecule has 4 nitrogen and oxygen atoms in total. The van der Waals surface area contributed by atoms with Crippen molar-refractivity contribution < 1.29 is 26.9 Å². The van der Waals surface area contributed by atoms with Crippen LogP contribution in [0.4, 0.5) is 28.9 Å². The van der Waals surface area contributed by atoms with Gasteiger partial charge in [0.2, 0.25) is 6.41 Å². The van der Waals surface area contributed by atoms with E-state index in [9.17, 15) is 22.4 Å². The molecule has 0 aliphatic heterocycles. The summed E-state index contributed by atoms with van der Waals surface area (Å²) in [4.78, 5) is 12.4. The van der Waals surface area contributed by atoms with Crippen LogP contribution in [0.3, 0.4) is 0 Å². The van der Waals surface area contributed by atoms with E-state index in [1.807, 2.05) is 0 Å². The Kier molecular flexibility index (Phi) is 4.93. The van der Waals surface area contributed by atoms with Gasteiger partial charge in [-0.15, -0.1) is 0 Å². The Morgan fingerprint density at radius 2 is 1.89 bits per heavy atom. The van der Waals surface area contributed by atoms with Crippen molar-refractivity contribution in [2.75, 3.05) is 4.90 Å². The number of carbonyl (C=O) groups is 1. The zero-order valence-corrected chi connectivity index (χ0v) is 14.5. The minimum Gasteiger partial charge on any atom is -0.359 e. The number of halogens is 5. The van der Waals surface area contributed by atoms with Crippen molar-refractivity contribution in [2.45, 2.75) is 13.1 Å². The molecule has 140 valence electrons. The summed E-state index contributed by atoms with van der Waals surface area (Å²) in [6.07, 6.45) is -4.51. The van der Waals surface area contributed by atoms with Crippen LogP contribution >= 0.6 is 11.6 Å². The molecule has 0 saturated carbocycles. The molecule has 1 aromatic heterocycles. The molecule has 0 atom stereocenters. The van der Waals surface area contributed by atoms with Gasteiger partial charge in [-0.2, -0.15) is 13.2 Å². The van der Waals surface area contributed by atoms with Gasteiger partial charge in [0.1, 0.15) is 17.2 Å². The van der Waals surface area contributed by atoms with Crippen LogP contribution in [0.25, 0.3) is 11.3 Å². The van der Waals surface area contributed by atoms with Crippen LogP contribution in [-0.4, -0.2) is 11.6 Å². The standard InChI is InChI=1S/C18H11ClF4N2O2/c1-10-17(16(24-27-10)12-4-2-3-5-13(12)19)25(9-26)15-8-11(18(21,22)23)6-7-14(15)20/h2-9H,1H3. The summed E-state index contributed by atoms with van der Waals surface area (Å²) in [7, 11) is 0. The lowest BCUT2D eigenvalue weighted by molar-refractivity contribution is -0.137. The first-order valence-corrected chi connectivity index (χ1v) is 7.94. The van der Waals surface area contributed by atoms with Gasteiger partial charge < -0.3 is 4.52 Å². The number of anilines is 2. The highest BCUT2D eigenvalue weighted by Gasteiger charge is 2.33. The third kappa shape index (κ3) is 3.52. The Morgan fingerprint density at radius 1 is 1.19 bits per heavy atom. The van der Waals surface area contributed by atoms with Crippen molar-refractivity contribution in [3.63, 3.8) is 0 Å². The topological polar surface area (TPSA) is 46.3 Å². The molecular formula is C18H11ClF4N2O2. The molecule has 3 rings (SSSR count). The number of amides is 1. The van der Waals surface area contributed by atoms with Crippen LogP contribution in [0.5, 0.6) is 0 Å². The van der Waals surface area contributed by atoms with E-state index in [1.165, 1.54) is 6.92 Å². The normalized spacial score (nSPS) is 11.5. The molecular weight excluding hydrogens is 388 g/mol. The van der Waals surface area contributed by atoms with Crippen molar-refractivity contribution in [1.82, 2.24) is 5.16 Å². The predicted octanol–water partition coefficient (Wildman–Crippen LogP) is 5.76. The molecule has 0 radical (unpaired) electrons. The predicted molar refractivity (Wildman–Crippen MR) is 91.3 cm³/mol. The fourth-order valence-corrected chi connectivity index (χ4v) is 2.81. The van der Waals surface area contributed by atoms with E-state index in [-0.39, 0.29) is 28.6 Å². The fraction of sp³-hybridized carbons (Fsp3) is 0.111. The summed E-state index contributed by atoms with van der Waals surface area (Å²) in [5.74, 6) is -0.908. The zero-order chi connectivity index (χ0) is 19.8. The van der Waals surface area contributed by atoms with Gasteiger partial charge >= 0.3 is 6.18 Å². The lowest BCUT2D eigenvalue weighted by atomic mass is 10.1. The first kappa shape index (κ1) is 18.9. The molecule has 0 saturated heterocycles. The number of hydrogen-bond donors (Lipinski definition) is 0. The third-order valence-corrected chi connectivity index (χ3v) is 4.17. The van der Waals surface area contributed by atoms with E-state index in [0.29, 0.717) is 23.8 Å². The molecule has 0 aliphatic carbocycles. The van der Waals surface area contributed by atoms with Crippen LogP contribution in [0.15, 0.2) is 47.0 Å². The SMILES string of the molecule is Cc1onc(-c2ccccc2Cl)c1N(C=O)c1cc(C(F)(F)F)ccc1F. The van der Waals surface area contributed by atoms with Gasteiger partial charge in [0, 0.05) is 5.56 Å². The largest absolute Gasteiger partial charge is 0.416 e. The summed E-state index contributed by atoms with van der Waals surface area (Å²) < 4.78 is 58.4. The lowest BCUT2D eigenvalue weighted by Crippen LogP contribution is -2.18. The number of aromatic nitrogens is 1. The second-order valence-corrected chi connectivity index (χ2v) is 5.96. The molecule has 2 aromatic carbocycles. The lowest BCUT2D eigenvalue weighted by Gasteiger charge is -2.20. The maximum absolute atomic E-state index is 14.3. The number of rotatable bonds is 4. The van der Waals surface area contributed by atoms with Gasteiger partial charge in [-0.25, -0.2) is 4.39 Å². The monoisotopic (exact) mass is 398 g/mol. The molecule has 1 amide bonds. The number of alkyl halides is 3. The van der Waals surface area contributed by atoms with Crippen LogP contribution in [0.2, 0.25) is 5.02 Å². The Hall–Kier alpha value is -2.87. The van der Waals surface area contributed by atoms with E-state index in [0.717, 1.165) is 4.90 Å². The van der Waals surface area contributed by atoms with Gasteiger partial charge in [-0.3, -0.25) is 9.69 Å². The Balaban J connectivity index is 2.21. The number of benzene rings is 2. The Labute approximate surface area is 155 Å². The molecule has 0 spiro atoms. The van der Waals surface area contributed by atoms with Crippen LogP contribution < -0.4 is 4.90 Å². The Bertz CT molecular complexity index is 1000. The van der Waals surface area contributed by atoms with E-state index in [1.54, 1.807) is 24.3 Å². The van der Waals surface area contributed by atoms with Crippen LogP contribution in [0.1, 0.15) is 11.3 Å². The smallest absolute Gasteiger partial charge is 0.359 e. The molecule has 0 aliphatic rings. The van der Waals surface area contributed by atoms with Crippen LogP contribution in [-0.2, 0) is 11.0 Å². The summed E-state index contributed by atoms with van der Waals surface area (Å²) in [6, 6.07) is 8.28. The maximum Gasteiger partial charge on any atom is 0.416 e. The fourth-order valence-electron chi connectivity index (χ4n) is 2.58. The summed E-state index contributed by atoms with van der Waals surface area (Å²) in [5, 5.41) is 4.12. The van der Waals surface area contributed by atoms with Gasteiger partial charge in [-0.05, 0) is 31.2 Å². The minimum atomic E-state index is -4.70. The highest BCUT2D eigenvalue weighted by Crippen LogP contribution is 2.41. The number of nitrogens with zero attached hydrogens (tertiary/aromatic N) is 2. The average Bonchev–Trinajstić information content (AvgIpc) is 2.98. The average molecular weight is 399 g/mol. The van der Waals surface area contributed by atoms with Crippen molar-refractivity contribution in [1.29, 1.82) is 0 Å². The Morgan fingerprint density at radius 3 is 2.52 bits per heavy atom. The molecule has 0 unspecified atom stereocenters. The second-order valence-electron chi connectivity index (χ2n) is 5.56. The first-order chi connectivity index (χ1) is 12.7. The highest BCUT2D eigenvalue weighted by atomic mass is 35.5. The number of hydrogen-bond acceptors (Lipinski definition) is 3. The van der Waals surface area contributed by atoms with Crippen molar-refractivity contribution in [3.8, 4) is 11.3 Å². The van der Waals surface area contributed by atoms with E-state index in [2.05, 4.69) is 5.16 Å². The third-order valence-electron chi connectivity index (χ3n) is 3.84. The van der Waals surface area contributed by atoms with Crippen LogP contribution in [0, 0.1) is 12.7 Å². The zero-order valence-electron chi connectivity index (χ0n) is 13.7. The van der Waals surface area contributed by atoms with E-state index >= 15 is 0 Å². The van der Waals surface area contributed by atoms with Gasteiger partial charge in [-0.1, -0.05) is 35.0 Å². The highest BCUT2D eigenvalue weighted by molar-refractivity contribution is 6.33. The summed E-state index contributed by atoms with van der Waals surface area (Å²) in [5.41, 5.74) is -1.21. The van der Waals surface area contributed by atoms with Crippen molar-refractivity contribution in [3.05, 3.63) is 64.6 Å². The molecule has 3 aromatic rings. The summed E-state index contributed by atoms with van der Waals surface area (Å²) >= 11 is 6.14.